The summed E-state index contributed by atoms with van der Waals surface area (Å²) in [5.74, 6) is 0.181. The van der Waals surface area contributed by atoms with Crippen molar-refractivity contribution in [3.63, 3.8) is 0 Å². The molecule has 3 rings (SSSR count). The van der Waals surface area contributed by atoms with Crippen LogP contribution in [0.4, 0.5) is 21.6 Å². The van der Waals surface area contributed by atoms with Gasteiger partial charge in [-0.05, 0) is 36.8 Å². The van der Waals surface area contributed by atoms with Crippen LogP contribution in [0, 0.1) is 5.82 Å². The summed E-state index contributed by atoms with van der Waals surface area (Å²) in [5, 5.41) is 6.54. The summed E-state index contributed by atoms with van der Waals surface area (Å²) < 4.78 is 18.8. The van der Waals surface area contributed by atoms with Crippen LogP contribution in [0.2, 0.25) is 5.02 Å². The van der Waals surface area contributed by atoms with E-state index in [2.05, 4.69) is 20.6 Å². The van der Waals surface area contributed by atoms with Crippen LogP contribution in [0.1, 0.15) is 13.3 Å². The molecule has 0 unspecified atom stereocenters. The molecule has 1 amide bonds. The summed E-state index contributed by atoms with van der Waals surface area (Å²) in [6.07, 6.45) is 5.38. The standard InChI is InChI=1S/C20H18ClFN4O2/c1-3-4-5-19(27)26-17-9-13-16(10-18(17)28-2)23-11-24-20(13)25-12-6-7-15(22)14(21)8-12/h4-11H,3H2,1-2H3,(H,26,27)(H,23,24,25)/b5-4+. The predicted octanol–water partition coefficient (Wildman–Crippen LogP) is 5.08. The number of carbonyl (C=O) groups is 1. The fraction of sp³-hybridized carbons (Fsp3) is 0.150. The zero-order valence-corrected chi connectivity index (χ0v) is 16.0. The first kappa shape index (κ1) is 19.6. The Morgan fingerprint density at radius 1 is 1.29 bits per heavy atom. The topological polar surface area (TPSA) is 76.1 Å². The van der Waals surface area contributed by atoms with Crippen molar-refractivity contribution in [2.75, 3.05) is 17.7 Å². The van der Waals surface area contributed by atoms with Crippen LogP contribution in [-0.4, -0.2) is 23.0 Å². The summed E-state index contributed by atoms with van der Waals surface area (Å²) >= 11 is 5.84. The van der Waals surface area contributed by atoms with Crippen LogP contribution >= 0.6 is 11.6 Å². The SMILES string of the molecule is CC/C=C/C(=O)Nc1cc2c(Nc3ccc(F)c(Cl)c3)ncnc2cc1OC. The molecular weight excluding hydrogens is 383 g/mol. The van der Waals surface area contributed by atoms with E-state index < -0.39 is 5.82 Å². The minimum absolute atomic E-state index is 0.000643. The summed E-state index contributed by atoms with van der Waals surface area (Å²) in [7, 11) is 1.51. The lowest BCUT2D eigenvalue weighted by Gasteiger charge is -2.13. The molecule has 0 spiro atoms. The molecule has 28 heavy (non-hydrogen) atoms. The Morgan fingerprint density at radius 2 is 2.11 bits per heavy atom. The van der Waals surface area contributed by atoms with Gasteiger partial charge in [0.05, 0.1) is 23.3 Å². The smallest absolute Gasteiger partial charge is 0.248 e. The number of rotatable bonds is 6. The van der Waals surface area contributed by atoms with Gasteiger partial charge in [-0.15, -0.1) is 0 Å². The number of ether oxygens (including phenoxy) is 1. The first-order valence-electron chi connectivity index (χ1n) is 8.54. The lowest BCUT2D eigenvalue weighted by Crippen LogP contribution is -2.09. The number of nitrogens with one attached hydrogen (secondary N) is 2. The number of hydrogen-bond acceptors (Lipinski definition) is 5. The Bertz CT molecular complexity index is 1060. The maximum Gasteiger partial charge on any atom is 0.248 e. The van der Waals surface area contributed by atoms with E-state index in [-0.39, 0.29) is 10.9 Å². The van der Waals surface area contributed by atoms with Gasteiger partial charge in [-0.2, -0.15) is 0 Å². The number of allylic oxidation sites excluding steroid dienone is 1. The molecule has 3 aromatic rings. The van der Waals surface area contributed by atoms with Crippen LogP contribution in [-0.2, 0) is 4.79 Å². The van der Waals surface area contributed by atoms with E-state index in [1.165, 1.54) is 31.6 Å². The average Bonchev–Trinajstić information content (AvgIpc) is 2.69. The van der Waals surface area contributed by atoms with Crippen molar-refractivity contribution in [2.45, 2.75) is 13.3 Å². The molecule has 6 nitrogen and oxygen atoms in total. The van der Waals surface area contributed by atoms with E-state index in [0.29, 0.717) is 33.8 Å². The number of halogens is 2. The number of aromatic nitrogens is 2. The van der Waals surface area contributed by atoms with Gasteiger partial charge in [0, 0.05) is 17.1 Å². The van der Waals surface area contributed by atoms with Gasteiger partial charge in [0.2, 0.25) is 5.91 Å². The molecule has 144 valence electrons. The molecule has 1 heterocycles. The van der Waals surface area contributed by atoms with Crippen LogP contribution in [0.15, 0.2) is 48.8 Å². The monoisotopic (exact) mass is 400 g/mol. The van der Waals surface area contributed by atoms with Crippen molar-refractivity contribution in [3.8, 4) is 5.75 Å². The highest BCUT2D eigenvalue weighted by atomic mass is 35.5. The van der Waals surface area contributed by atoms with Gasteiger partial charge in [0.1, 0.15) is 23.7 Å². The number of amides is 1. The summed E-state index contributed by atoms with van der Waals surface area (Å²) in [4.78, 5) is 20.6. The fourth-order valence-corrected chi connectivity index (χ4v) is 2.74. The quantitative estimate of drug-likeness (QED) is 0.564. The van der Waals surface area contributed by atoms with E-state index >= 15 is 0 Å². The Labute approximate surface area is 166 Å². The third-order valence-electron chi connectivity index (χ3n) is 3.90. The largest absolute Gasteiger partial charge is 0.494 e. The zero-order chi connectivity index (χ0) is 20.1. The number of benzene rings is 2. The van der Waals surface area contributed by atoms with Crippen LogP contribution < -0.4 is 15.4 Å². The van der Waals surface area contributed by atoms with Gasteiger partial charge in [0.15, 0.2) is 0 Å². The Hall–Kier alpha value is -3.19. The molecule has 0 saturated heterocycles. The summed E-state index contributed by atoms with van der Waals surface area (Å²) in [6.45, 7) is 1.94. The molecule has 2 aromatic carbocycles. The first-order valence-corrected chi connectivity index (χ1v) is 8.92. The van der Waals surface area contributed by atoms with E-state index in [0.717, 1.165) is 6.42 Å². The minimum atomic E-state index is -0.505. The normalized spacial score (nSPS) is 11.0. The lowest BCUT2D eigenvalue weighted by molar-refractivity contribution is -0.111. The number of nitrogens with zero attached hydrogens (tertiary/aromatic N) is 2. The van der Waals surface area contributed by atoms with E-state index in [1.54, 1.807) is 24.3 Å². The van der Waals surface area contributed by atoms with Crippen molar-refractivity contribution in [2.24, 2.45) is 0 Å². The van der Waals surface area contributed by atoms with Crippen molar-refractivity contribution in [3.05, 3.63) is 59.7 Å². The van der Waals surface area contributed by atoms with Gasteiger partial charge in [-0.25, -0.2) is 14.4 Å². The number of anilines is 3. The van der Waals surface area contributed by atoms with Crippen LogP contribution in [0.3, 0.4) is 0 Å². The third-order valence-corrected chi connectivity index (χ3v) is 4.19. The van der Waals surface area contributed by atoms with Gasteiger partial charge >= 0.3 is 0 Å². The number of hydrogen-bond donors (Lipinski definition) is 2. The molecule has 0 aliphatic carbocycles. The van der Waals surface area contributed by atoms with E-state index in [1.807, 2.05) is 6.92 Å². The van der Waals surface area contributed by atoms with Crippen LogP contribution in [0.25, 0.3) is 10.9 Å². The second-order valence-corrected chi connectivity index (χ2v) is 6.25. The maximum atomic E-state index is 13.4. The molecule has 1 aromatic heterocycles. The molecule has 0 bridgehead atoms. The second kappa shape index (κ2) is 8.67. The maximum absolute atomic E-state index is 13.4. The number of methoxy groups -OCH3 is 1. The molecular formula is C20H18ClFN4O2. The molecule has 0 fully saturated rings. The number of fused-ring (bicyclic) bond motifs is 1. The second-order valence-electron chi connectivity index (χ2n) is 5.85. The third kappa shape index (κ3) is 4.37. The molecule has 2 N–H and O–H groups in total. The molecule has 0 atom stereocenters. The van der Waals surface area contributed by atoms with Gasteiger partial charge in [-0.3, -0.25) is 4.79 Å². The van der Waals surface area contributed by atoms with E-state index in [4.69, 9.17) is 16.3 Å². The summed E-state index contributed by atoms with van der Waals surface area (Å²) in [5.41, 5.74) is 1.67. The highest BCUT2D eigenvalue weighted by Crippen LogP contribution is 2.33. The molecule has 8 heteroatoms. The average molecular weight is 401 g/mol. The van der Waals surface area contributed by atoms with Crippen molar-refractivity contribution >= 4 is 45.6 Å². The minimum Gasteiger partial charge on any atom is -0.494 e. The summed E-state index contributed by atoms with van der Waals surface area (Å²) in [6, 6.07) is 7.71. The lowest BCUT2D eigenvalue weighted by atomic mass is 10.1. The molecule has 0 radical (unpaired) electrons. The van der Waals surface area contributed by atoms with Gasteiger partial charge in [0.25, 0.3) is 0 Å². The predicted molar refractivity (Wildman–Crippen MR) is 109 cm³/mol. The Morgan fingerprint density at radius 3 is 2.82 bits per heavy atom. The van der Waals surface area contributed by atoms with Gasteiger partial charge < -0.3 is 15.4 Å². The molecule has 0 aliphatic heterocycles. The zero-order valence-electron chi connectivity index (χ0n) is 15.3. The van der Waals surface area contributed by atoms with Crippen LogP contribution in [0.5, 0.6) is 5.75 Å². The molecule has 0 aliphatic rings. The van der Waals surface area contributed by atoms with E-state index in [9.17, 15) is 9.18 Å². The Balaban J connectivity index is 2.01. The Kier molecular flexibility index (Phi) is 6.06. The highest BCUT2D eigenvalue weighted by Gasteiger charge is 2.12. The van der Waals surface area contributed by atoms with Crippen molar-refractivity contribution < 1.29 is 13.9 Å². The molecule has 0 saturated carbocycles. The van der Waals surface area contributed by atoms with Crippen molar-refractivity contribution in [1.29, 1.82) is 0 Å². The highest BCUT2D eigenvalue weighted by molar-refractivity contribution is 6.31. The number of carbonyl (C=O) groups excluding carboxylic acids is 1. The fourth-order valence-electron chi connectivity index (χ4n) is 2.56. The first-order chi connectivity index (χ1) is 13.5. The van der Waals surface area contributed by atoms with Gasteiger partial charge in [-0.1, -0.05) is 24.6 Å². The van der Waals surface area contributed by atoms with Crippen molar-refractivity contribution in [1.82, 2.24) is 9.97 Å².